The molecule has 0 aliphatic rings. The summed E-state index contributed by atoms with van der Waals surface area (Å²) in [5.41, 5.74) is 8.32. The topological polar surface area (TPSA) is 41.9 Å². The van der Waals surface area contributed by atoms with Crippen molar-refractivity contribution in [1.82, 2.24) is 15.0 Å². The van der Waals surface area contributed by atoms with E-state index in [0.717, 1.165) is 0 Å². The standard InChI is InChI=1S/C72H30Cl24N4/c73-31-13-40(79)58(41(80)14-31)67(59-42(81)15-32(74)16-43(59)82)64-52(91)25-55(97-70(64)94)28-1-7-37(8-2-28)100(38-9-3-29(4-10-38)56-26-53(92)65(71(95)98-56)68(60-44(83)17-33(75)18-45(60)84)61-46(85)19-34(76)20-47(61)86)39-11-5-30(6-12-39)57-27-54(93)66(72(96)99-57)69(62-48(87)21-35(77)22-49(62)88)63-50(89)23-36(78)24-51(63)90/h1-27,67-69H. The lowest BCUT2D eigenvalue weighted by Crippen LogP contribution is -2.11. The minimum atomic E-state index is -0.949. The molecule has 12 rings (SSSR count). The summed E-state index contributed by atoms with van der Waals surface area (Å²) in [6.07, 6.45) is 0. The average molecular weight is 1800 g/mol. The third-order valence-corrected chi connectivity index (χ3v) is 22.9. The Hall–Kier alpha value is -2.81. The van der Waals surface area contributed by atoms with Gasteiger partial charge in [0, 0.05) is 207 Å². The molecule has 0 radical (unpaired) electrons. The Kier molecular flexibility index (Phi) is 24.5. The molecule has 0 unspecified atom stereocenters. The van der Waals surface area contributed by atoms with Crippen LogP contribution in [0.5, 0.6) is 0 Å². The summed E-state index contributed by atoms with van der Waals surface area (Å²) < 4.78 is 0. The quantitative estimate of drug-likeness (QED) is 0.0960. The first-order chi connectivity index (χ1) is 47.5. The maximum absolute atomic E-state index is 7.30. The van der Waals surface area contributed by atoms with Gasteiger partial charge < -0.3 is 4.90 Å². The number of pyridine rings is 3. The average Bonchev–Trinajstić information content (AvgIpc) is 0.763. The second-order valence-electron chi connectivity index (χ2n) is 22.1. The Morgan fingerprint density at radius 2 is 0.340 bits per heavy atom. The highest BCUT2D eigenvalue weighted by Gasteiger charge is 2.36. The van der Waals surface area contributed by atoms with Crippen LogP contribution in [0.25, 0.3) is 33.8 Å². The van der Waals surface area contributed by atoms with E-state index in [-0.39, 0.29) is 121 Å². The van der Waals surface area contributed by atoms with Crippen LogP contribution in [-0.2, 0) is 0 Å². The first kappa shape index (κ1) is 76.8. The number of nitrogens with zero attached hydrogens (tertiary/aromatic N) is 4. The lowest BCUT2D eigenvalue weighted by Gasteiger charge is -2.27. The van der Waals surface area contributed by atoms with Crippen LogP contribution in [0.2, 0.25) is 121 Å². The van der Waals surface area contributed by atoms with Crippen molar-refractivity contribution in [1.29, 1.82) is 0 Å². The van der Waals surface area contributed by atoms with E-state index in [1.165, 1.54) is 72.8 Å². The van der Waals surface area contributed by atoms with E-state index in [2.05, 4.69) is 0 Å². The van der Waals surface area contributed by atoms with Gasteiger partial charge in [-0.25, -0.2) is 15.0 Å². The van der Waals surface area contributed by atoms with Gasteiger partial charge in [-0.1, -0.05) is 315 Å². The van der Waals surface area contributed by atoms with Crippen molar-refractivity contribution in [2.24, 2.45) is 0 Å². The molecule has 0 amide bonds. The summed E-state index contributed by atoms with van der Waals surface area (Å²) in [6.45, 7) is 0. The van der Waals surface area contributed by atoms with Gasteiger partial charge in [-0.3, -0.25) is 0 Å². The minimum absolute atomic E-state index is 0.00278. The van der Waals surface area contributed by atoms with Gasteiger partial charge in [0.2, 0.25) is 0 Å². The van der Waals surface area contributed by atoms with E-state index in [1.54, 1.807) is 18.2 Å². The van der Waals surface area contributed by atoms with Gasteiger partial charge in [0.05, 0.1) is 17.1 Å². The fourth-order valence-electron chi connectivity index (χ4n) is 11.8. The molecule has 3 heterocycles. The lowest BCUT2D eigenvalue weighted by atomic mass is 9.85. The van der Waals surface area contributed by atoms with Gasteiger partial charge >= 0.3 is 0 Å². The van der Waals surface area contributed by atoms with E-state index in [4.69, 9.17) is 293 Å². The second-order valence-corrected chi connectivity index (χ2v) is 31.9. The van der Waals surface area contributed by atoms with E-state index in [1.807, 2.05) is 77.7 Å². The van der Waals surface area contributed by atoms with Crippen LogP contribution in [0.15, 0.2) is 164 Å². The van der Waals surface area contributed by atoms with Crippen LogP contribution in [0.4, 0.5) is 17.1 Å². The van der Waals surface area contributed by atoms with Crippen molar-refractivity contribution in [3.63, 3.8) is 0 Å². The van der Waals surface area contributed by atoms with E-state index in [0.29, 0.717) is 101 Å². The summed E-state index contributed by atoms with van der Waals surface area (Å²) in [7, 11) is 0. The molecular weight excluding hydrogens is 1770 g/mol. The molecule has 0 N–H and O–H groups in total. The first-order valence-corrected chi connectivity index (χ1v) is 37.6. The van der Waals surface area contributed by atoms with Gasteiger partial charge in [-0.15, -0.1) is 0 Å². The molecule has 0 bridgehead atoms. The Balaban J connectivity index is 0.947. The summed E-state index contributed by atoms with van der Waals surface area (Å²) >= 11 is 165. The molecule has 0 atom stereocenters. The number of anilines is 3. The SMILES string of the molecule is Clc1cc(Cl)c(C(c2c(Cl)cc(Cl)cc2Cl)c2c(Cl)cc(-c3ccc(N(c4ccc(-c5cc(Cl)c(C(c6c(Cl)cc(Cl)cc6Cl)c6c(Cl)cc(Cl)cc6Cl)c(Cl)n5)cc4)c4ccc(-c5cc(Cl)c(C(c6c(Cl)cc(Cl)cc6Cl)c6c(Cl)cc(Cl)cc6Cl)c(Cl)n5)cc4)cc3)nc2Cl)c(Cl)c1. The minimum Gasteiger partial charge on any atom is -0.311 e. The molecule has 9 aromatic carbocycles. The fourth-order valence-corrected chi connectivity index (χ4v) is 19.9. The number of benzene rings is 9. The summed E-state index contributed by atoms with van der Waals surface area (Å²) in [4.78, 5) is 16.7. The molecule has 100 heavy (non-hydrogen) atoms. The zero-order valence-electron chi connectivity index (χ0n) is 49.2. The number of aromatic nitrogens is 3. The highest BCUT2D eigenvalue weighted by molar-refractivity contribution is 6.46. The molecule has 28 heteroatoms. The van der Waals surface area contributed by atoms with Gasteiger partial charge in [-0.05, 0) is 127 Å². The predicted octanol–water partition coefficient (Wildman–Crippen LogP) is 33.6. The number of hydrogen-bond acceptors (Lipinski definition) is 4. The Labute approximate surface area is 693 Å². The second kappa shape index (κ2) is 31.9. The molecule has 4 nitrogen and oxygen atoms in total. The van der Waals surface area contributed by atoms with Crippen molar-refractivity contribution in [3.05, 3.63) is 335 Å². The predicted molar refractivity (Wildman–Crippen MR) is 433 cm³/mol. The first-order valence-electron chi connectivity index (χ1n) is 28.5. The van der Waals surface area contributed by atoms with Crippen molar-refractivity contribution < 1.29 is 0 Å². The van der Waals surface area contributed by atoms with E-state index < -0.39 is 17.8 Å². The van der Waals surface area contributed by atoms with E-state index >= 15 is 0 Å². The van der Waals surface area contributed by atoms with Crippen LogP contribution in [-0.4, -0.2) is 15.0 Å². The normalized spacial score (nSPS) is 11.7. The van der Waals surface area contributed by atoms with Gasteiger partial charge in [-0.2, -0.15) is 0 Å². The third-order valence-electron chi connectivity index (χ3n) is 16.0. The number of hydrogen-bond donors (Lipinski definition) is 0. The highest BCUT2D eigenvalue weighted by atomic mass is 35.5. The van der Waals surface area contributed by atoms with Gasteiger partial charge in [0.25, 0.3) is 0 Å². The summed E-state index contributed by atoms with van der Waals surface area (Å²) in [5.74, 6) is -2.85. The van der Waals surface area contributed by atoms with Gasteiger partial charge in [0.1, 0.15) is 15.5 Å². The molecule has 0 saturated carbocycles. The third kappa shape index (κ3) is 15.8. The Morgan fingerprint density at radius 3 is 0.490 bits per heavy atom. The molecule has 0 spiro atoms. The zero-order valence-corrected chi connectivity index (χ0v) is 67.3. The monoisotopic (exact) mass is 1790 g/mol. The largest absolute Gasteiger partial charge is 0.311 e. The van der Waals surface area contributed by atoms with Crippen molar-refractivity contribution >= 4 is 295 Å². The lowest BCUT2D eigenvalue weighted by molar-refractivity contribution is 0.966. The van der Waals surface area contributed by atoms with Gasteiger partial charge in [0.15, 0.2) is 0 Å². The molecule has 0 aliphatic heterocycles. The van der Waals surface area contributed by atoms with Crippen LogP contribution < -0.4 is 4.90 Å². The van der Waals surface area contributed by atoms with Crippen molar-refractivity contribution in [2.75, 3.05) is 4.90 Å². The Morgan fingerprint density at radius 1 is 0.190 bits per heavy atom. The van der Waals surface area contributed by atoms with E-state index in [9.17, 15) is 0 Å². The van der Waals surface area contributed by atoms with Crippen molar-refractivity contribution in [2.45, 2.75) is 17.8 Å². The van der Waals surface area contributed by atoms with Crippen LogP contribution in [0.3, 0.4) is 0 Å². The maximum atomic E-state index is 7.30. The molecule has 0 saturated heterocycles. The Bertz CT molecular complexity index is 4390. The van der Waals surface area contributed by atoms with Crippen LogP contribution in [0, 0.1) is 0 Å². The number of rotatable bonds is 15. The molecule has 0 fully saturated rings. The number of halogens is 24. The smallest absolute Gasteiger partial charge is 0.135 e. The highest BCUT2D eigenvalue weighted by Crippen LogP contribution is 2.55. The molecule has 12 aromatic rings. The molecule has 0 aliphatic carbocycles. The fraction of sp³-hybridized carbons (Fsp3) is 0.0417. The van der Waals surface area contributed by atoms with Crippen molar-refractivity contribution in [3.8, 4) is 33.8 Å². The molecule has 506 valence electrons. The zero-order chi connectivity index (χ0) is 71.8. The van der Waals surface area contributed by atoms with Crippen LogP contribution in [0.1, 0.15) is 67.8 Å². The molecular formula is C72H30Cl24N4. The summed E-state index contributed by atoms with van der Waals surface area (Å²) in [5, 5.41) is 4.58. The molecule has 3 aromatic heterocycles. The maximum Gasteiger partial charge on any atom is 0.135 e. The summed E-state index contributed by atoms with van der Waals surface area (Å²) in [6, 6.07) is 46.1. The van der Waals surface area contributed by atoms with Crippen LogP contribution >= 0.6 is 278 Å².